The second-order valence-electron chi connectivity index (χ2n) is 4.17. The molecular weight excluding hydrogens is 326 g/mol. The number of nitrogens with one attached hydrogen (secondary N) is 1. The molecule has 0 aliphatic carbocycles. The maximum atomic E-state index is 10.8. The number of para-hydroxylation sites is 1. The van der Waals surface area contributed by atoms with Crippen LogP contribution in [0, 0.1) is 17.0 Å². The third-order valence-corrected chi connectivity index (χ3v) is 3.84. The van der Waals surface area contributed by atoms with Crippen molar-refractivity contribution in [3.8, 4) is 5.75 Å². The van der Waals surface area contributed by atoms with Gasteiger partial charge in [0.15, 0.2) is 0 Å². The summed E-state index contributed by atoms with van der Waals surface area (Å²) in [6.07, 6.45) is 1.22. The van der Waals surface area contributed by atoms with Crippen molar-refractivity contribution in [3.63, 3.8) is 0 Å². The summed E-state index contributed by atoms with van der Waals surface area (Å²) < 4.78 is 0.544. The highest BCUT2D eigenvalue weighted by molar-refractivity contribution is 9.10. The van der Waals surface area contributed by atoms with Gasteiger partial charge in [0.05, 0.1) is 9.40 Å². The predicted molar refractivity (Wildman–Crippen MR) is 78.8 cm³/mol. The maximum Gasteiger partial charge on any atom is 0.291 e. The molecule has 20 heavy (non-hydrogen) atoms. The summed E-state index contributed by atoms with van der Waals surface area (Å²) in [5, 5.41) is 23.5. The molecule has 7 heteroatoms. The number of halogens is 1. The molecule has 2 N–H and O–H groups in total. The molecule has 6 nitrogen and oxygen atoms in total. The Labute approximate surface area is 123 Å². The van der Waals surface area contributed by atoms with E-state index in [1.165, 1.54) is 6.20 Å². The zero-order valence-electron chi connectivity index (χ0n) is 10.6. The van der Waals surface area contributed by atoms with Gasteiger partial charge in [0, 0.05) is 17.7 Å². The van der Waals surface area contributed by atoms with E-state index in [-0.39, 0.29) is 11.4 Å². The zero-order valence-corrected chi connectivity index (χ0v) is 12.2. The lowest BCUT2D eigenvalue weighted by Crippen LogP contribution is -2.04. The van der Waals surface area contributed by atoms with Crippen molar-refractivity contribution in [2.45, 2.75) is 13.5 Å². The second-order valence-corrected chi connectivity index (χ2v) is 4.96. The molecule has 0 aliphatic heterocycles. The van der Waals surface area contributed by atoms with E-state index in [0.29, 0.717) is 22.4 Å². The molecule has 104 valence electrons. The van der Waals surface area contributed by atoms with Crippen molar-refractivity contribution in [2.75, 3.05) is 5.32 Å². The summed E-state index contributed by atoms with van der Waals surface area (Å²) in [7, 11) is 0. The van der Waals surface area contributed by atoms with Crippen LogP contribution in [0.1, 0.15) is 11.1 Å². The van der Waals surface area contributed by atoms with E-state index in [4.69, 9.17) is 0 Å². The first-order valence-electron chi connectivity index (χ1n) is 5.81. The highest BCUT2D eigenvalue weighted by Crippen LogP contribution is 2.31. The van der Waals surface area contributed by atoms with Crippen LogP contribution in [0.4, 0.5) is 11.5 Å². The Kier molecular flexibility index (Phi) is 4.19. The van der Waals surface area contributed by atoms with Gasteiger partial charge < -0.3 is 10.4 Å². The van der Waals surface area contributed by atoms with Crippen molar-refractivity contribution in [1.29, 1.82) is 0 Å². The van der Waals surface area contributed by atoms with Crippen LogP contribution in [0.3, 0.4) is 0 Å². The van der Waals surface area contributed by atoms with Gasteiger partial charge in [-0.2, -0.15) is 0 Å². The van der Waals surface area contributed by atoms with E-state index in [2.05, 4.69) is 26.2 Å². The van der Waals surface area contributed by atoms with Gasteiger partial charge in [0.25, 0.3) is 5.69 Å². The number of hydrogen-bond acceptors (Lipinski definition) is 5. The van der Waals surface area contributed by atoms with Gasteiger partial charge in [0.1, 0.15) is 17.8 Å². The molecule has 0 aliphatic rings. The van der Waals surface area contributed by atoms with Crippen molar-refractivity contribution in [2.24, 2.45) is 0 Å². The van der Waals surface area contributed by atoms with Gasteiger partial charge in [-0.15, -0.1) is 0 Å². The van der Waals surface area contributed by atoms with Gasteiger partial charge in [-0.05, 0) is 28.9 Å². The molecule has 0 saturated carbocycles. The summed E-state index contributed by atoms with van der Waals surface area (Å²) in [5.74, 6) is 0.686. The van der Waals surface area contributed by atoms with Gasteiger partial charge in [0.2, 0.25) is 0 Å². The number of aromatic nitrogens is 1. The second kappa shape index (κ2) is 5.87. The number of nitro groups is 1. The number of benzene rings is 1. The highest BCUT2D eigenvalue weighted by Gasteiger charge is 2.17. The summed E-state index contributed by atoms with van der Waals surface area (Å²) in [5.41, 5.74) is 1.19. The van der Waals surface area contributed by atoms with Crippen LogP contribution in [0.15, 0.2) is 34.9 Å². The van der Waals surface area contributed by atoms with E-state index in [1.54, 1.807) is 25.1 Å². The molecular formula is C13H12BrN3O3. The molecule has 1 aromatic carbocycles. The fraction of sp³-hybridized carbons (Fsp3) is 0.154. The third kappa shape index (κ3) is 2.88. The SMILES string of the molecule is Cc1c([N+](=O)[O-])cnc(NCc2ccccc2O)c1Br. The minimum absolute atomic E-state index is 0.0371. The smallest absolute Gasteiger partial charge is 0.291 e. The number of phenolic OH excluding ortho intramolecular Hbond substituents is 1. The number of phenols is 1. The number of aromatic hydroxyl groups is 1. The lowest BCUT2D eigenvalue weighted by molar-refractivity contribution is -0.385. The van der Waals surface area contributed by atoms with Gasteiger partial charge in [-0.25, -0.2) is 4.98 Å². The predicted octanol–water partition coefficient (Wildman–Crippen LogP) is 3.38. The van der Waals surface area contributed by atoms with Crippen LogP contribution >= 0.6 is 15.9 Å². The van der Waals surface area contributed by atoms with Crippen LogP contribution in [0.2, 0.25) is 0 Å². The zero-order chi connectivity index (χ0) is 14.7. The quantitative estimate of drug-likeness (QED) is 0.659. The van der Waals surface area contributed by atoms with Crippen LogP contribution in [-0.4, -0.2) is 15.0 Å². The molecule has 0 fully saturated rings. The minimum Gasteiger partial charge on any atom is -0.508 e. The average molecular weight is 338 g/mol. The Balaban J connectivity index is 2.21. The number of nitrogens with zero attached hydrogens (tertiary/aromatic N) is 2. The Morgan fingerprint density at radius 1 is 1.45 bits per heavy atom. The Morgan fingerprint density at radius 2 is 2.15 bits per heavy atom. The molecule has 2 rings (SSSR count). The summed E-state index contributed by atoms with van der Waals surface area (Å²) in [4.78, 5) is 14.4. The number of anilines is 1. The molecule has 0 spiro atoms. The van der Waals surface area contributed by atoms with Crippen molar-refractivity contribution < 1.29 is 10.0 Å². The normalized spacial score (nSPS) is 10.3. The van der Waals surface area contributed by atoms with Gasteiger partial charge >= 0.3 is 0 Å². The molecule has 0 bridgehead atoms. The minimum atomic E-state index is -0.472. The van der Waals surface area contributed by atoms with Crippen LogP contribution < -0.4 is 5.32 Å². The lowest BCUT2D eigenvalue weighted by atomic mass is 10.2. The highest BCUT2D eigenvalue weighted by atomic mass is 79.9. The summed E-state index contributed by atoms with van der Waals surface area (Å²) in [6, 6.07) is 6.94. The maximum absolute atomic E-state index is 10.8. The van der Waals surface area contributed by atoms with E-state index in [0.717, 1.165) is 5.56 Å². The van der Waals surface area contributed by atoms with Crippen LogP contribution in [0.5, 0.6) is 5.75 Å². The first-order chi connectivity index (χ1) is 9.50. The first-order valence-corrected chi connectivity index (χ1v) is 6.60. The monoisotopic (exact) mass is 337 g/mol. The number of pyridine rings is 1. The van der Waals surface area contributed by atoms with E-state index >= 15 is 0 Å². The third-order valence-electron chi connectivity index (χ3n) is 2.87. The fourth-order valence-corrected chi connectivity index (χ4v) is 2.16. The fourth-order valence-electron chi connectivity index (χ4n) is 1.72. The van der Waals surface area contributed by atoms with E-state index in [9.17, 15) is 15.2 Å². The van der Waals surface area contributed by atoms with Crippen molar-refractivity contribution in [3.05, 3.63) is 56.2 Å². The van der Waals surface area contributed by atoms with E-state index < -0.39 is 4.92 Å². The molecule has 0 radical (unpaired) electrons. The van der Waals surface area contributed by atoms with E-state index in [1.807, 2.05) is 6.07 Å². The number of rotatable bonds is 4. The van der Waals surface area contributed by atoms with Crippen molar-refractivity contribution in [1.82, 2.24) is 4.98 Å². The van der Waals surface area contributed by atoms with Gasteiger partial charge in [-0.3, -0.25) is 10.1 Å². The van der Waals surface area contributed by atoms with Gasteiger partial charge in [-0.1, -0.05) is 18.2 Å². The standard InChI is InChI=1S/C13H12BrN3O3/c1-8-10(17(19)20)7-16-13(12(8)14)15-6-9-4-2-3-5-11(9)18/h2-5,7,18H,6H2,1H3,(H,15,16). The Bertz CT molecular complexity index is 661. The van der Waals surface area contributed by atoms with Crippen LogP contribution in [-0.2, 0) is 6.54 Å². The van der Waals surface area contributed by atoms with Crippen LogP contribution in [0.25, 0.3) is 0 Å². The molecule has 0 unspecified atom stereocenters. The Morgan fingerprint density at radius 3 is 2.80 bits per heavy atom. The molecule has 0 amide bonds. The molecule has 2 aromatic rings. The topological polar surface area (TPSA) is 88.3 Å². The number of hydrogen-bond donors (Lipinski definition) is 2. The summed E-state index contributed by atoms with van der Waals surface area (Å²) >= 11 is 3.30. The lowest BCUT2D eigenvalue weighted by Gasteiger charge is -2.10. The molecule has 0 saturated heterocycles. The molecule has 1 heterocycles. The first kappa shape index (κ1) is 14.3. The molecule has 0 atom stereocenters. The molecule has 1 aromatic heterocycles. The average Bonchev–Trinajstić information content (AvgIpc) is 2.41. The Hall–Kier alpha value is -2.15. The van der Waals surface area contributed by atoms with Crippen molar-refractivity contribution >= 4 is 27.4 Å². The largest absolute Gasteiger partial charge is 0.508 e. The summed E-state index contributed by atoms with van der Waals surface area (Å²) in [6.45, 7) is 2.02.